The van der Waals surface area contributed by atoms with Gasteiger partial charge in [0.2, 0.25) is 5.91 Å². The second-order valence-electron chi connectivity index (χ2n) is 8.43. The predicted molar refractivity (Wildman–Crippen MR) is 138 cm³/mol. The maximum atomic E-state index is 13.7. The van der Waals surface area contributed by atoms with Gasteiger partial charge in [-0.3, -0.25) is 4.79 Å². The summed E-state index contributed by atoms with van der Waals surface area (Å²) < 4.78 is 5.51. The lowest BCUT2D eigenvalue weighted by Gasteiger charge is -2.29. The van der Waals surface area contributed by atoms with Crippen LogP contribution in [0.5, 0.6) is 5.75 Å². The van der Waals surface area contributed by atoms with Crippen LogP contribution in [0.4, 0.5) is 5.69 Å². The number of hydrogen-bond acceptors (Lipinski definition) is 4. The zero-order valence-corrected chi connectivity index (χ0v) is 19.7. The summed E-state index contributed by atoms with van der Waals surface area (Å²) in [4.78, 5) is 15.3. The Bertz CT molecular complexity index is 1410. The molecule has 0 saturated heterocycles. The fourth-order valence-electron chi connectivity index (χ4n) is 4.18. The van der Waals surface area contributed by atoms with E-state index in [0.717, 1.165) is 28.1 Å². The van der Waals surface area contributed by atoms with E-state index in [9.17, 15) is 4.79 Å². The summed E-state index contributed by atoms with van der Waals surface area (Å²) in [7, 11) is 0. The Morgan fingerprint density at radius 3 is 2.03 bits per heavy atom. The molecule has 0 aliphatic rings. The van der Waals surface area contributed by atoms with Crippen molar-refractivity contribution in [3.8, 4) is 11.4 Å². The third kappa shape index (κ3) is 4.38. The maximum absolute atomic E-state index is 13.7. The number of carbonyl (C=O) groups is 1. The first-order chi connectivity index (χ1) is 17.1. The van der Waals surface area contributed by atoms with Gasteiger partial charge in [0.1, 0.15) is 16.8 Å². The van der Waals surface area contributed by atoms with Gasteiger partial charge < -0.3 is 10.1 Å². The molecule has 35 heavy (non-hydrogen) atoms. The van der Waals surface area contributed by atoms with Crippen molar-refractivity contribution in [1.29, 1.82) is 0 Å². The van der Waals surface area contributed by atoms with Gasteiger partial charge in [-0.05, 0) is 67.4 Å². The smallest absolute Gasteiger partial charge is 0.239 e. The van der Waals surface area contributed by atoms with Crippen LogP contribution in [-0.4, -0.2) is 27.5 Å². The molecule has 6 heteroatoms. The van der Waals surface area contributed by atoms with E-state index < -0.39 is 5.41 Å². The van der Waals surface area contributed by atoms with E-state index in [4.69, 9.17) is 4.74 Å². The van der Waals surface area contributed by atoms with Crippen molar-refractivity contribution in [2.24, 2.45) is 0 Å². The van der Waals surface area contributed by atoms with Crippen LogP contribution in [-0.2, 0) is 10.2 Å². The molecule has 0 saturated carbocycles. The van der Waals surface area contributed by atoms with Crippen LogP contribution in [0.2, 0.25) is 0 Å². The fraction of sp³-hybridized carbons (Fsp3) is 0.138. The average Bonchev–Trinajstić information content (AvgIpc) is 3.33. The molecular weight excluding hydrogens is 436 g/mol. The third-order valence-electron chi connectivity index (χ3n) is 6.17. The lowest BCUT2D eigenvalue weighted by Crippen LogP contribution is -2.38. The molecule has 1 N–H and O–H groups in total. The zero-order chi connectivity index (χ0) is 24.3. The number of aromatic nitrogens is 3. The van der Waals surface area contributed by atoms with Crippen molar-refractivity contribution in [3.05, 3.63) is 114 Å². The molecule has 0 bridgehead atoms. The van der Waals surface area contributed by atoms with E-state index in [0.29, 0.717) is 17.8 Å². The maximum Gasteiger partial charge on any atom is 0.239 e. The molecule has 6 nitrogen and oxygen atoms in total. The van der Waals surface area contributed by atoms with Gasteiger partial charge in [0.25, 0.3) is 0 Å². The van der Waals surface area contributed by atoms with Crippen LogP contribution in [0.3, 0.4) is 0 Å². The molecule has 0 aliphatic heterocycles. The molecule has 1 heterocycles. The van der Waals surface area contributed by atoms with Crippen LogP contribution >= 0.6 is 0 Å². The Morgan fingerprint density at radius 1 is 0.829 bits per heavy atom. The Labute approximate surface area is 204 Å². The zero-order valence-electron chi connectivity index (χ0n) is 19.7. The van der Waals surface area contributed by atoms with Gasteiger partial charge in [-0.2, -0.15) is 4.80 Å². The van der Waals surface area contributed by atoms with Crippen LogP contribution < -0.4 is 10.1 Å². The van der Waals surface area contributed by atoms with E-state index in [1.165, 1.54) is 0 Å². The second-order valence-corrected chi connectivity index (χ2v) is 8.43. The Kier molecular flexibility index (Phi) is 6.02. The minimum atomic E-state index is -0.864. The number of nitrogens with one attached hydrogen (secondary N) is 1. The monoisotopic (exact) mass is 462 g/mol. The SMILES string of the molecule is CCOc1ccc(-n2nc3ccc(NC(=O)C(C)(c4ccccc4)c4ccccc4)cc3n2)cc1. The first-order valence-corrected chi connectivity index (χ1v) is 11.6. The van der Waals surface area contributed by atoms with Crippen molar-refractivity contribution in [2.45, 2.75) is 19.3 Å². The summed E-state index contributed by atoms with van der Waals surface area (Å²) in [6, 6.07) is 32.8. The number of amides is 1. The second kappa shape index (κ2) is 9.43. The van der Waals surface area contributed by atoms with Crippen molar-refractivity contribution in [1.82, 2.24) is 15.0 Å². The van der Waals surface area contributed by atoms with E-state index in [1.54, 1.807) is 4.80 Å². The van der Waals surface area contributed by atoms with Gasteiger partial charge in [-0.25, -0.2) is 0 Å². The van der Waals surface area contributed by atoms with Gasteiger partial charge in [0.05, 0.1) is 17.7 Å². The molecular formula is C29H26N4O2. The molecule has 1 aromatic heterocycles. The fourth-order valence-corrected chi connectivity index (χ4v) is 4.18. The number of nitrogens with zero attached hydrogens (tertiary/aromatic N) is 3. The summed E-state index contributed by atoms with van der Waals surface area (Å²) in [6.45, 7) is 4.52. The van der Waals surface area contributed by atoms with Gasteiger partial charge in [-0.1, -0.05) is 60.7 Å². The highest BCUT2D eigenvalue weighted by Gasteiger charge is 2.37. The van der Waals surface area contributed by atoms with E-state index in [1.807, 2.05) is 117 Å². The van der Waals surface area contributed by atoms with Gasteiger partial charge in [-0.15, -0.1) is 10.2 Å². The lowest BCUT2D eigenvalue weighted by molar-refractivity contribution is -0.119. The lowest BCUT2D eigenvalue weighted by atomic mass is 9.75. The minimum absolute atomic E-state index is 0.117. The van der Waals surface area contributed by atoms with Crippen LogP contribution in [0.15, 0.2) is 103 Å². The van der Waals surface area contributed by atoms with Gasteiger partial charge in [0, 0.05) is 5.69 Å². The van der Waals surface area contributed by atoms with Crippen LogP contribution in [0.25, 0.3) is 16.7 Å². The number of carbonyl (C=O) groups excluding carboxylic acids is 1. The topological polar surface area (TPSA) is 69.0 Å². The number of anilines is 1. The average molecular weight is 463 g/mol. The number of hydrogen-bond donors (Lipinski definition) is 1. The van der Waals surface area contributed by atoms with Crippen molar-refractivity contribution < 1.29 is 9.53 Å². The summed E-state index contributed by atoms with van der Waals surface area (Å²) >= 11 is 0. The number of ether oxygens (including phenoxy) is 1. The molecule has 174 valence electrons. The first-order valence-electron chi connectivity index (χ1n) is 11.6. The van der Waals surface area contributed by atoms with E-state index in [-0.39, 0.29) is 5.91 Å². The number of fused-ring (bicyclic) bond motifs is 1. The molecule has 0 aliphatic carbocycles. The van der Waals surface area contributed by atoms with Crippen molar-refractivity contribution >= 4 is 22.6 Å². The number of benzene rings is 4. The highest BCUT2D eigenvalue weighted by molar-refractivity contribution is 6.02. The molecule has 0 fully saturated rings. The molecule has 0 spiro atoms. The predicted octanol–water partition coefficient (Wildman–Crippen LogP) is 5.76. The van der Waals surface area contributed by atoms with E-state index >= 15 is 0 Å². The summed E-state index contributed by atoms with van der Waals surface area (Å²) in [5.41, 5.74) is 3.91. The Hall–Kier alpha value is -4.45. The molecule has 5 rings (SSSR count). The number of rotatable bonds is 7. The minimum Gasteiger partial charge on any atom is -0.494 e. The highest BCUT2D eigenvalue weighted by atomic mass is 16.5. The molecule has 1 amide bonds. The van der Waals surface area contributed by atoms with Crippen LogP contribution in [0.1, 0.15) is 25.0 Å². The molecule has 4 aromatic carbocycles. The van der Waals surface area contributed by atoms with E-state index in [2.05, 4.69) is 15.5 Å². The van der Waals surface area contributed by atoms with Gasteiger partial charge in [0.15, 0.2) is 0 Å². The van der Waals surface area contributed by atoms with Gasteiger partial charge >= 0.3 is 0 Å². The molecule has 0 unspecified atom stereocenters. The standard InChI is InChI=1S/C29H26N4O2/c1-3-35-25-17-15-24(16-18-25)33-31-26-19-14-23(20-27(26)32-33)30-28(34)29(2,21-10-6-4-7-11-21)22-12-8-5-9-13-22/h4-20H,3H2,1-2H3,(H,30,34). The Balaban J connectivity index is 1.44. The highest BCUT2D eigenvalue weighted by Crippen LogP contribution is 2.33. The third-order valence-corrected chi connectivity index (χ3v) is 6.17. The van der Waals surface area contributed by atoms with Crippen molar-refractivity contribution in [2.75, 3.05) is 11.9 Å². The Morgan fingerprint density at radius 2 is 1.43 bits per heavy atom. The summed E-state index contributed by atoms with van der Waals surface area (Å²) in [5.74, 6) is 0.686. The normalized spacial score (nSPS) is 11.4. The molecule has 0 radical (unpaired) electrons. The summed E-state index contributed by atoms with van der Waals surface area (Å²) in [6.07, 6.45) is 0. The quantitative estimate of drug-likeness (QED) is 0.334. The van der Waals surface area contributed by atoms with Crippen molar-refractivity contribution in [3.63, 3.8) is 0 Å². The summed E-state index contributed by atoms with van der Waals surface area (Å²) in [5, 5.41) is 12.3. The first kappa shape index (κ1) is 22.3. The molecule has 5 aromatic rings. The largest absolute Gasteiger partial charge is 0.494 e. The van der Waals surface area contributed by atoms with Crippen LogP contribution in [0, 0.1) is 0 Å². The molecule has 0 atom stereocenters.